The van der Waals surface area contributed by atoms with Crippen LogP contribution in [0.15, 0.2) is 0 Å². The van der Waals surface area contributed by atoms with E-state index in [1.807, 2.05) is 19.0 Å². The predicted octanol–water partition coefficient (Wildman–Crippen LogP) is 2.04. The van der Waals surface area contributed by atoms with E-state index in [0.29, 0.717) is 0 Å². The Morgan fingerprint density at radius 3 is 2.71 bits per heavy atom. The lowest BCUT2D eigenvalue weighted by molar-refractivity contribution is 0.211. The van der Waals surface area contributed by atoms with E-state index in [9.17, 15) is 0 Å². The zero-order valence-electron chi connectivity index (χ0n) is 13.7. The third-order valence-electron chi connectivity index (χ3n) is 4.08. The number of thiazole rings is 1. The number of methoxy groups -OCH3 is 1. The lowest BCUT2D eigenvalue weighted by Crippen LogP contribution is -2.31. The van der Waals surface area contributed by atoms with Crippen LogP contribution >= 0.6 is 11.3 Å². The SMILES string of the molecule is COc1nc(N(C)C)sc1CNCCC1CCN(C)CC1. The molecule has 0 spiro atoms. The first-order valence-corrected chi connectivity index (χ1v) is 8.52. The maximum atomic E-state index is 5.36. The Morgan fingerprint density at radius 2 is 2.10 bits per heavy atom. The normalized spacial score (nSPS) is 17.1. The second-order valence-corrected chi connectivity index (χ2v) is 7.10. The van der Waals surface area contributed by atoms with Gasteiger partial charge in [-0.2, -0.15) is 4.98 Å². The van der Waals surface area contributed by atoms with Gasteiger partial charge in [-0.1, -0.05) is 11.3 Å². The molecule has 0 aliphatic carbocycles. The number of rotatable bonds is 7. The number of nitrogens with zero attached hydrogens (tertiary/aromatic N) is 3. The summed E-state index contributed by atoms with van der Waals surface area (Å²) >= 11 is 1.70. The molecule has 5 nitrogen and oxygen atoms in total. The van der Waals surface area contributed by atoms with Gasteiger partial charge < -0.3 is 19.9 Å². The summed E-state index contributed by atoms with van der Waals surface area (Å²) in [5, 5.41) is 4.54. The molecule has 1 N–H and O–H groups in total. The van der Waals surface area contributed by atoms with Crippen molar-refractivity contribution in [2.24, 2.45) is 5.92 Å². The van der Waals surface area contributed by atoms with E-state index in [1.54, 1.807) is 18.4 Å². The van der Waals surface area contributed by atoms with Crippen molar-refractivity contribution in [3.63, 3.8) is 0 Å². The summed E-state index contributed by atoms with van der Waals surface area (Å²) in [7, 11) is 7.93. The number of nitrogens with one attached hydrogen (secondary N) is 1. The first-order valence-electron chi connectivity index (χ1n) is 7.70. The molecule has 0 aromatic carbocycles. The molecule has 0 saturated carbocycles. The van der Waals surface area contributed by atoms with Crippen molar-refractivity contribution in [2.75, 3.05) is 52.8 Å². The molecule has 0 amide bonds. The van der Waals surface area contributed by atoms with Gasteiger partial charge in [-0.15, -0.1) is 0 Å². The standard InChI is InChI=1S/C15H28N4OS/c1-18(2)15-17-14(20-4)13(21-15)11-16-8-5-12-6-9-19(3)10-7-12/h12,16H,5-11H2,1-4H3. The molecule has 1 aliphatic rings. The molecular weight excluding hydrogens is 284 g/mol. The Hall–Kier alpha value is -0.850. The third-order valence-corrected chi connectivity index (χ3v) is 5.28. The van der Waals surface area contributed by atoms with E-state index in [1.165, 1.54) is 37.2 Å². The topological polar surface area (TPSA) is 40.6 Å². The highest BCUT2D eigenvalue weighted by Gasteiger charge is 2.16. The van der Waals surface area contributed by atoms with Gasteiger partial charge in [0.05, 0.1) is 12.0 Å². The molecule has 6 heteroatoms. The van der Waals surface area contributed by atoms with Crippen LogP contribution in [0.25, 0.3) is 0 Å². The van der Waals surface area contributed by atoms with E-state index in [-0.39, 0.29) is 0 Å². The van der Waals surface area contributed by atoms with Gasteiger partial charge in [-0.25, -0.2) is 0 Å². The van der Waals surface area contributed by atoms with Gasteiger partial charge in [0.25, 0.3) is 0 Å². The molecule has 1 aliphatic heterocycles. The van der Waals surface area contributed by atoms with Crippen LogP contribution in [0, 0.1) is 5.92 Å². The molecular formula is C15H28N4OS. The minimum Gasteiger partial charge on any atom is -0.480 e. The zero-order chi connectivity index (χ0) is 15.2. The van der Waals surface area contributed by atoms with E-state index >= 15 is 0 Å². The number of ether oxygens (including phenoxy) is 1. The molecule has 2 rings (SSSR count). The van der Waals surface area contributed by atoms with Crippen molar-refractivity contribution >= 4 is 16.5 Å². The van der Waals surface area contributed by atoms with Crippen LogP contribution in [0.4, 0.5) is 5.13 Å². The van der Waals surface area contributed by atoms with Crippen LogP contribution in [-0.2, 0) is 6.54 Å². The van der Waals surface area contributed by atoms with Crippen molar-refractivity contribution in [1.29, 1.82) is 0 Å². The second-order valence-electron chi connectivity index (χ2n) is 6.04. The summed E-state index contributed by atoms with van der Waals surface area (Å²) < 4.78 is 5.36. The van der Waals surface area contributed by atoms with Gasteiger partial charge in [0.2, 0.25) is 5.88 Å². The van der Waals surface area contributed by atoms with E-state index < -0.39 is 0 Å². The minimum absolute atomic E-state index is 0.760. The highest BCUT2D eigenvalue weighted by Crippen LogP contribution is 2.30. The molecule has 1 aromatic rings. The molecule has 0 bridgehead atoms. The number of aromatic nitrogens is 1. The molecule has 21 heavy (non-hydrogen) atoms. The summed E-state index contributed by atoms with van der Waals surface area (Å²) in [6.07, 6.45) is 3.95. The van der Waals surface area contributed by atoms with E-state index in [0.717, 1.165) is 30.0 Å². The molecule has 1 fully saturated rings. The smallest absolute Gasteiger partial charge is 0.230 e. The average molecular weight is 312 g/mol. The fraction of sp³-hybridized carbons (Fsp3) is 0.800. The first-order chi connectivity index (χ1) is 10.1. The summed E-state index contributed by atoms with van der Waals surface area (Å²) in [6.45, 7) is 4.42. The lowest BCUT2D eigenvalue weighted by Gasteiger charge is -2.28. The number of piperidine rings is 1. The van der Waals surface area contributed by atoms with E-state index in [4.69, 9.17) is 4.74 Å². The Labute approximate surface area is 132 Å². The van der Waals surface area contributed by atoms with Crippen molar-refractivity contribution in [2.45, 2.75) is 25.8 Å². The summed E-state index contributed by atoms with van der Waals surface area (Å²) in [5.74, 6) is 1.64. The Balaban J connectivity index is 1.73. The quantitative estimate of drug-likeness (QED) is 0.780. The molecule has 2 heterocycles. The van der Waals surface area contributed by atoms with Gasteiger partial charge >= 0.3 is 0 Å². The first kappa shape index (κ1) is 16.5. The summed E-state index contributed by atoms with van der Waals surface area (Å²) in [4.78, 5) is 10.1. The lowest BCUT2D eigenvalue weighted by atomic mass is 9.94. The highest BCUT2D eigenvalue weighted by molar-refractivity contribution is 7.15. The van der Waals surface area contributed by atoms with Crippen LogP contribution < -0.4 is 15.0 Å². The Kier molecular flexibility index (Phi) is 6.26. The molecule has 1 aromatic heterocycles. The number of anilines is 1. The van der Waals surface area contributed by atoms with Gasteiger partial charge in [-0.05, 0) is 51.9 Å². The summed E-state index contributed by atoms with van der Waals surface area (Å²) in [5.41, 5.74) is 0. The van der Waals surface area contributed by atoms with Crippen LogP contribution in [0.1, 0.15) is 24.1 Å². The fourth-order valence-electron chi connectivity index (χ4n) is 2.65. The minimum atomic E-state index is 0.760. The maximum absolute atomic E-state index is 5.36. The Morgan fingerprint density at radius 1 is 1.38 bits per heavy atom. The fourth-order valence-corrected chi connectivity index (χ4v) is 3.57. The largest absolute Gasteiger partial charge is 0.480 e. The second kappa shape index (κ2) is 7.96. The average Bonchev–Trinajstić information content (AvgIpc) is 2.89. The third kappa shape index (κ3) is 4.83. The van der Waals surface area contributed by atoms with Crippen LogP contribution in [0.2, 0.25) is 0 Å². The van der Waals surface area contributed by atoms with Crippen molar-refractivity contribution in [3.05, 3.63) is 4.88 Å². The predicted molar refractivity (Wildman–Crippen MR) is 89.5 cm³/mol. The van der Waals surface area contributed by atoms with Crippen molar-refractivity contribution in [1.82, 2.24) is 15.2 Å². The van der Waals surface area contributed by atoms with Crippen LogP contribution in [-0.4, -0.2) is 57.8 Å². The number of likely N-dealkylation sites (tertiary alicyclic amines) is 1. The highest BCUT2D eigenvalue weighted by atomic mass is 32.1. The Bertz CT molecular complexity index is 427. The maximum Gasteiger partial charge on any atom is 0.230 e. The zero-order valence-corrected chi connectivity index (χ0v) is 14.5. The molecule has 0 radical (unpaired) electrons. The number of hydrogen-bond acceptors (Lipinski definition) is 6. The van der Waals surface area contributed by atoms with Gasteiger partial charge in [0.1, 0.15) is 0 Å². The molecule has 1 saturated heterocycles. The van der Waals surface area contributed by atoms with Gasteiger partial charge in [0.15, 0.2) is 5.13 Å². The summed E-state index contributed by atoms with van der Waals surface area (Å²) in [6, 6.07) is 0. The molecule has 0 atom stereocenters. The molecule has 120 valence electrons. The van der Waals surface area contributed by atoms with Crippen molar-refractivity contribution < 1.29 is 4.74 Å². The molecule has 0 unspecified atom stereocenters. The van der Waals surface area contributed by atoms with Gasteiger partial charge in [-0.3, -0.25) is 0 Å². The monoisotopic (exact) mass is 312 g/mol. The van der Waals surface area contributed by atoms with Crippen molar-refractivity contribution in [3.8, 4) is 5.88 Å². The van der Waals surface area contributed by atoms with Crippen LogP contribution in [0.3, 0.4) is 0 Å². The van der Waals surface area contributed by atoms with E-state index in [2.05, 4.69) is 22.2 Å². The number of hydrogen-bond donors (Lipinski definition) is 1. The van der Waals surface area contributed by atoms with Gasteiger partial charge in [0, 0.05) is 20.6 Å². The van der Waals surface area contributed by atoms with Crippen LogP contribution in [0.5, 0.6) is 5.88 Å².